The highest BCUT2D eigenvalue weighted by Gasteiger charge is 2.21. The summed E-state index contributed by atoms with van der Waals surface area (Å²) in [5.74, 6) is 3.01. The second kappa shape index (κ2) is 7.90. The van der Waals surface area contributed by atoms with Crippen LogP contribution in [-0.4, -0.2) is 22.1 Å². The maximum Gasteiger partial charge on any atom is 0.243 e. The lowest BCUT2D eigenvalue weighted by Gasteiger charge is -2.15. The summed E-state index contributed by atoms with van der Waals surface area (Å²) in [6.07, 6.45) is 12.0. The molecule has 0 amide bonds. The molecule has 1 saturated carbocycles. The van der Waals surface area contributed by atoms with Gasteiger partial charge >= 0.3 is 0 Å². The van der Waals surface area contributed by atoms with Gasteiger partial charge in [0.1, 0.15) is 0 Å². The Hall–Kier alpha value is -0.550. The summed E-state index contributed by atoms with van der Waals surface area (Å²) in [5.41, 5.74) is 6.07. The van der Waals surface area contributed by atoms with Crippen molar-refractivity contribution in [2.45, 2.75) is 63.3 Å². The van der Waals surface area contributed by atoms with Gasteiger partial charge in [-0.05, 0) is 31.3 Å². The third-order valence-corrected chi connectivity index (χ3v) is 4.52. The summed E-state index contributed by atoms with van der Waals surface area (Å²) in [5, 5.41) is 4.17. The lowest BCUT2D eigenvalue weighted by molar-refractivity contribution is 0.342. The van der Waals surface area contributed by atoms with E-state index >= 15 is 0 Å². The van der Waals surface area contributed by atoms with Crippen LogP contribution in [0.5, 0.6) is 0 Å². The zero-order valence-electron chi connectivity index (χ0n) is 11.8. The monoisotopic (exact) mass is 283 g/mol. The number of nitrogens with zero attached hydrogens (tertiary/aromatic N) is 2. The van der Waals surface area contributed by atoms with Gasteiger partial charge in [0.25, 0.3) is 0 Å². The van der Waals surface area contributed by atoms with Crippen molar-refractivity contribution in [1.29, 1.82) is 0 Å². The molecule has 0 unspecified atom stereocenters. The Kier molecular flexibility index (Phi) is 6.17. The fraction of sp³-hybridized carbons (Fsp3) is 0.857. The number of thioether (sulfide) groups is 1. The highest BCUT2D eigenvalue weighted by molar-refractivity contribution is 7.98. The molecule has 4 nitrogen and oxygen atoms in total. The van der Waals surface area contributed by atoms with Crippen LogP contribution in [-0.2, 0) is 0 Å². The van der Waals surface area contributed by atoms with Gasteiger partial charge in [-0.15, -0.1) is 0 Å². The van der Waals surface area contributed by atoms with Crippen LogP contribution in [0.15, 0.2) is 4.52 Å². The van der Waals surface area contributed by atoms with Crippen LogP contribution >= 0.6 is 11.8 Å². The molecule has 5 heteroatoms. The van der Waals surface area contributed by atoms with Gasteiger partial charge in [0, 0.05) is 5.92 Å². The van der Waals surface area contributed by atoms with Crippen molar-refractivity contribution in [3.63, 3.8) is 0 Å². The SMILES string of the molecule is CSCC[C@@H](N)c1nc(C2CCCCCCC2)no1. The van der Waals surface area contributed by atoms with E-state index in [2.05, 4.69) is 16.4 Å². The molecule has 1 aromatic rings. The lowest BCUT2D eigenvalue weighted by atomic mass is 9.91. The van der Waals surface area contributed by atoms with Crippen molar-refractivity contribution < 1.29 is 4.52 Å². The minimum Gasteiger partial charge on any atom is -0.338 e. The Morgan fingerprint density at radius 2 is 1.95 bits per heavy atom. The van der Waals surface area contributed by atoms with Gasteiger partial charge in [-0.3, -0.25) is 0 Å². The smallest absolute Gasteiger partial charge is 0.243 e. The van der Waals surface area contributed by atoms with Gasteiger partial charge in [0.15, 0.2) is 5.82 Å². The zero-order chi connectivity index (χ0) is 13.5. The van der Waals surface area contributed by atoms with Gasteiger partial charge in [-0.2, -0.15) is 16.7 Å². The molecule has 1 atom stereocenters. The van der Waals surface area contributed by atoms with Crippen molar-refractivity contribution >= 4 is 11.8 Å². The highest BCUT2D eigenvalue weighted by atomic mass is 32.2. The van der Waals surface area contributed by atoms with E-state index in [-0.39, 0.29) is 6.04 Å². The minimum absolute atomic E-state index is 0.109. The molecule has 1 aliphatic carbocycles. The van der Waals surface area contributed by atoms with Gasteiger partial charge < -0.3 is 10.3 Å². The second-order valence-electron chi connectivity index (χ2n) is 5.42. The molecule has 0 bridgehead atoms. The summed E-state index contributed by atoms with van der Waals surface area (Å²) < 4.78 is 5.35. The van der Waals surface area contributed by atoms with Gasteiger partial charge in [0.2, 0.25) is 5.89 Å². The number of nitrogens with two attached hydrogens (primary N) is 1. The predicted octanol–water partition coefficient (Wildman–Crippen LogP) is 3.65. The van der Waals surface area contributed by atoms with E-state index in [0.29, 0.717) is 11.8 Å². The first-order valence-corrected chi connectivity index (χ1v) is 8.78. The molecule has 19 heavy (non-hydrogen) atoms. The quantitative estimate of drug-likeness (QED) is 0.893. The van der Waals surface area contributed by atoms with Crippen LogP contribution in [0.4, 0.5) is 0 Å². The molecule has 2 N–H and O–H groups in total. The van der Waals surface area contributed by atoms with Crippen LogP contribution in [0.25, 0.3) is 0 Å². The van der Waals surface area contributed by atoms with E-state index in [1.54, 1.807) is 11.8 Å². The summed E-state index contributed by atoms with van der Waals surface area (Å²) in [6.45, 7) is 0. The topological polar surface area (TPSA) is 64.9 Å². The lowest BCUT2D eigenvalue weighted by Crippen LogP contribution is -2.12. The first kappa shape index (κ1) is 14.9. The van der Waals surface area contributed by atoms with Crippen molar-refractivity contribution in [1.82, 2.24) is 10.1 Å². The van der Waals surface area contributed by atoms with Crippen molar-refractivity contribution in [2.75, 3.05) is 12.0 Å². The normalized spacial score (nSPS) is 19.9. The molecule has 1 fully saturated rings. The molecule has 0 aromatic carbocycles. The maximum atomic E-state index is 6.07. The molecule has 0 saturated heterocycles. The Bertz CT molecular complexity index is 361. The fourth-order valence-corrected chi connectivity index (χ4v) is 3.14. The number of aromatic nitrogens is 2. The van der Waals surface area contributed by atoms with Gasteiger partial charge in [0.05, 0.1) is 6.04 Å². The zero-order valence-corrected chi connectivity index (χ0v) is 12.6. The van der Waals surface area contributed by atoms with Crippen LogP contribution < -0.4 is 5.73 Å². The molecule has 2 rings (SSSR count). The summed E-state index contributed by atoms with van der Waals surface area (Å²) in [7, 11) is 0. The van der Waals surface area contributed by atoms with E-state index in [9.17, 15) is 0 Å². The molecule has 108 valence electrons. The highest BCUT2D eigenvalue weighted by Crippen LogP contribution is 2.29. The van der Waals surface area contributed by atoms with Crippen LogP contribution in [0.3, 0.4) is 0 Å². The summed E-state index contributed by atoms with van der Waals surface area (Å²) in [6, 6.07) is -0.109. The van der Waals surface area contributed by atoms with Crippen molar-refractivity contribution in [3.05, 3.63) is 11.7 Å². The van der Waals surface area contributed by atoms with E-state index in [0.717, 1.165) is 18.0 Å². The van der Waals surface area contributed by atoms with E-state index in [1.807, 2.05) is 0 Å². The Morgan fingerprint density at radius 3 is 2.63 bits per heavy atom. The Morgan fingerprint density at radius 1 is 1.26 bits per heavy atom. The fourth-order valence-electron chi connectivity index (χ4n) is 2.65. The maximum absolute atomic E-state index is 6.07. The average molecular weight is 283 g/mol. The largest absolute Gasteiger partial charge is 0.338 e. The molecule has 1 aliphatic rings. The van der Waals surface area contributed by atoms with Crippen molar-refractivity contribution in [2.24, 2.45) is 5.73 Å². The Balaban J connectivity index is 1.94. The first-order chi connectivity index (χ1) is 9.31. The summed E-state index contributed by atoms with van der Waals surface area (Å²) >= 11 is 1.79. The van der Waals surface area contributed by atoms with Crippen LogP contribution in [0.1, 0.15) is 75.0 Å². The van der Waals surface area contributed by atoms with Crippen LogP contribution in [0, 0.1) is 0 Å². The number of hydrogen-bond acceptors (Lipinski definition) is 5. The van der Waals surface area contributed by atoms with E-state index in [4.69, 9.17) is 10.3 Å². The molecule has 0 spiro atoms. The molecule has 0 radical (unpaired) electrons. The standard InChI is InChI=1S/C14H25N3OS/c1-19-10-9-12(15)14-16-13(17-18-14)11-7-5-3-2-4-6-8-11/h11-12H,2-10,15H2,1H3/t12-/m1/s1. The Labute approximate surface area is 119 Å². The molecular weight excluding hydrogens is 258 g/mol. The van der Waals surface area contributed by atoms with Crippen LogP contribution in [0.2, 0.25) is 0 Å². The summed E-state index contributed by atoms with van der Waals surface area (Å²) in [4.78, 5) is 4.55. The van der Waals surface area contributed by atoms with Crippen molar-refractivity contribution in [3.8, 4) is 0 Å². The first-order valence-electron chi connectivity index (χ1n) is 7.39. The van der Waals surface area contributed by atoms with Gasteiger partial charge in [-0.1, -0.05) is 37.3 Å². The molecular formula is C14H25N3OS. The molecule has 1 heterocycles. The molecule has 0 aliphatic heterocycles. The number of hydrogen-bond donors (Lipinski definition) is 1. The van der Waals surface area contributed by atoms with Gasteiger partial charge in [-0.25, -0.2) is 0 Å². The number of rotatable bonds is 5. The third kappa shape index (κ3) is 4.49. The minimum atomic E-state index is -0.109. The van der Waals surface area contributed by atoms with E-state index in [1.165, 1.54) is 44.9 Å². The second-order valence-corrected chi connectivity index (χ2v) is 6.41. The molecule has 1 aromatic heterocycles. The third-order valence-electron chi connectivity index (χ3n) is 3.88. The van der Waals surface area contributed by atoms with E-state index < -0.39 is 0 Å². The average Bonchev–Trinajstić information content (AvgIpc) is 2.85. The predicted molar refractivity (Wildman–Crippen MR) is 79.3 cm³/mol.